The van der Waals surface area contributed by atoms with Gasteiger partial charge in [0.05, 0.1) is 13.4 Å². The lowest BCUT2D eigenvalue weighted by Gasteiger charge is -2.34. The van der Waals surface area contributed by atoms with Crippen LogP contribution < -0.4 is 9.64 Å². The highest BCUT2D eigenvalue weighted by atomic mass is 35.5. The maximum absolute atomic E-state index is 13.1. The third kappa shape index (κ3) is 3.93. The molecule has 0 spiro atoms. The summed E-state index contributed by atoms with van der Waals surface area (Å²) in [5, 5.41) is 8.79. The van der Waals surface area contributed by atoms with E-state index in [4.69, 9.17) is 20.8 Å². The first-order valence-electron chi connectivity index (χ1n) is 8.95. The van der Waals surface area contributed by atoms with E-state index in [9.17, 15) is 8.42 Å². The van der Waals surface area contributed by atoms with Crippen molar-refractivity contribution < 1.29 is 17.6 Å². The van der Waals surface area contributed by atoms with E-state index in [0.29, 0.717) is 48.5 Å². The van der Waals surface area contributed by atoms with Crippen LogP contribution in [-0.2, 0) is 10.0 Å². The molecule has 4 rings (SSSR count). The largest absolute Gasteiger partial charge is 0.495 e. The normalized spacial score (nSPS) is 15.4. The quantitative estimate of drug-likeness (QED) is 0.609. The number of halogens is 1. The highest BCUT2D eigenvalue weighted by Gasteiger charge is 2.31. The first-order chi connectivity index (χ1) is 14.0. The Balaban J connectivity index is 1.47. The smallest absolute Gasteiger partial charge is 0.246 e. The van der Waals surface area contributed by atoms with Crippen LogP contribution in [-0.4, -0.2) is 56.2 Å². The van der Waals surface area contributed by atoms with Crippen molar-refractivity contribution in [1.29, 1.82) is 0 Å². The van der Waals surface area contributed by atoms with Gasteiger partial charge in [-0.15, -0.1) is 10.2 Å². The Bertz CT molecular complexity index is 1080. The predicted molar refractivity (Wildman–Crippen MR) is 109 cm³/mol. The van der Waals surface area contributed by atoms with E-state index < -0.39 is 10.0 Å². The summed E-state index contributed by atoms with van der Waals surface area (Å²) in [6.45, 7) is 1.63. The molecule has 1 aliphatic rings. The van der Waals surface area contributed by atoms with Crippen molar-refractivity contribution in [2.75, 3.05) is 38.2 Å². The molecule has 3 heterocycles. The second-order valence-corrected chi connectivity index (χ2v) is 8.78. The second-order valence-electron chi connectivity index (χ2n) is 6.44. The molecule has 0 unspecified atom stereocenters. The number of hydrogen-bond acceptors (Lipinski definition) is 7. The topological polar surface area (TPSA) is 88.8 Å². The average Bonchev–Trinajstić information content (AvgIpc) is 3.29. The third-order valence-electron chi connectivity index (χ3n) is 4.73. The molecule has 8 nitrogen and oxygen atoms in total. The van der Waals surface area contributed by atoms with Gasteiger partial charge in [-0.2, -0.15) is 4.31 Å². The van der Waals surface area contributed by atoms with Crippen LogP contribution in [0, 0.1) is 0 Å². The number of hydrogen-bond donors (Lipinski definition) is 0. The molecule has 0 bridgehead atoms. The molecule has 152 valence electrons. The van der Waals surface area contributed by atoms with Gasteiger partial charge in [-0.05, 0) is 42.5 Å². The zero-order chi connectivity index (χ0) is 20.4. The molecular formula is C19H19ClN4O4S. The number of sulfonamides is 1. The highest BCUT2D eigenvalue weighted by molar-refractivity contribution is 7.89. The summed E-state index contributed by atoms with van der Waals surface area (Å²) < 4.78 is 38.1. The Labute approximate surface area is 173 Å². The molecule has 0 N–H and O–H groups in total. The van der Waals surface area contributed by atoms with Crippen LogP contribution in [0.1, 0.15) is 0 Å². The molecule has 0 amide bonds. The number of nitrogens with zero attached hydrogens (tertiary/aromatic N) is 4. The molecular weight excluding hydrogens is 416 g/mol. The van der Waals surface area contributed by atoms with E-state index in [2.05, 4.69) is 10.2 Å². The lowest BCUT2D eigenvalue weighted by molar-refractivity contribution is 0.373. The minimum atomic E-state index is -3.72. The summed E-state index contributed by atoms with van der Waals surface area (Å²) in [6.07, 6.45) is 1.58. The van der Waals surface area contributed by atoms with E-state index in [1.165, 1.54) is 17.5 Å². The molecule has 2 aromatic heterocycles. The Morgan fingerprint density at radius 2 is 1.86 bits per heavy atom. The number of ether oxygens (including phenoxy) is 1. The fourth-order valence-electron chi connectivity index (χ4n) is 3.20. The van der Waals surface area contributed by atoms with E-state index in [0.717, 1.165) is 0 Å². The number of rotatable bonds is 5. The average molecular weight is 435 g/mol. The van der Waals surface area contributed by atoms with E-state index in [1.54, 1.807) is 24.5 Å². The Morgan fingerprint density at radius 1 is 1.07 bits per heavy atom. The molecule has 1 saturated heterocycles. The first kappa shape index (κ1) is 19.7. The monoisotopic (exact) mass is 434 g/mol. The molecule has 1 aromatic carbocycles. The minimum absolute atomic E-state index is 0.0727. The standard InChI is InChI=1S/C19H19ClN4O4S/c1-27-17-6-4-14(20)13-18(17)29(25,26)24-10-8-23(9-11-24)19-7-5-15(21-22-19)16-3-2-12-28-16/h2-7,12-13H,8-11H2,1H3. The van der Waals surface area contributed by atoms with Gasteiger partial charge in [0.1, 0.15) is 16.3 Å². The Hall–Kier alpha value is -2.62. The van der Waals surface area contributed by atoms with Gasteiger partial charge < -0.3 is 14.1 Å². The van der Waals surface area contributed by atoms with Gasteiger partial charge in [0, 0.05) is 31.2 Å². The van der Waals surface area contributed by atoms with Crippen molar-refractivity contribution in [3.8, 4) is 17.2 Å². The van der Waals surface area contributed by atoms with Crippen LogP contribution in [0.4, 0.5) is 5.82 Å². The van der Waals surface area contributed by atoms with Crippen molar-refractivity contribution in [3.05, 3.63) is 53.8 Å². The molecule has 0 radical (unpaired) electrons. The number of benzene rings is 1. The van der Waals surface area contributed by atoms with Crippen molar-refractivity contribution in [3.63, 3.8) is 0 Å². The van der Waals surface area contributed by atoms with Gasteiger partial charge in [0.2, 0.25) is 10.0 Å². The van der Waals surface area contributed by atoms with Crippen molar-refractivity contribution in [2.24, 2.45) is 0 Å². The number of aromatic nitrogens is 2. The lowest BCUT2D eigenvalue weighted by Crippen LogP contribution is -2.49. The molecule has 3 aromatic rings. The van der Waals surface area contributed by atoms with Gasteiger partial charge in [0.15, 0.2) is 11.6 Å². The van der Waals surface area contributed by atoms with E-state index in [-0.39, 0.29) is 10.6 Å². The molecule has 0 atom stereocenters. The second kappa shape index (κ2) is 8.02. The molecule has 29 heavy (non-hydrogen) atoms. The van der Waals surface area contributed by atoms with Gasteiger partial charge in [-0.1, -0.05) is 11.6 Å². The Kier molecular flexibility index (Phi) is 5.44. The van der Waals surface area contributed by atoms with Crippen LogP contribution in [0.15, 0.2) is 58.0 Å². The summed E-state index contributed by atoms with van der Waals surface area (Å²) in [5.74, 6) is 1.62. The Morgan fingerprint density at radius 3 is 2.48 bits per heavy atom. The maximum atomic E-state index is 13.1. The number of furan rings is 1. The van der Waals surface area contributed by atoms with Crippen molar-refractivity contribution in [2.45, 2.75) is 4.90 Å². The first-order valence-corrected chi connectivity index (χ1v) is 10.8. The van der Waals surface area contributed by atoms with Crippen LogP contribution in [0.25, 0.3) is 11.5 Å². The third-order valence-corrected chi connectivity index (χ3v) is 6.89. The van der Waals surface area contributed by atoms with Gasteiger partial charge in [-0.3, -0.25) is 0 Å². The lowest BCUT2D eigenvalue weighted by atomic mass is 10.3. The molecule has 0 saturated carbocycles. The highest BCUT2D eigenvalue weighted by Crippen LogP contribution is 2.30. The predicted octanol–water partition coefficient (Wildman–Crippen LogP) is 2.91. The van der Waals surface area contributed by atoms with Crippen LogP contribution >= 0.6 is 11.6 Å². The van der Waals surface area contributed by atoms with Crippen LogP contribution in [0.3, 0.4) is 0 Å². The van der Waals surface area contributed by atoms with Crippen LogP contribution in [0.5, 0.6) is 5.75 Å². The number of piperazine rings is 1. The summed E-state index contributed by atoms with van der Waals surface area (Å²) in [5.41, 5.74) is 0.646. The molecule has 0 aliphatic carbocycles. The zero-order valence-electron chi connectivity index (χ0n) is 15.7. The van der Waals surface area contributed by atoms with Gasteiger partial charge >= 0.3 is 0 Å². The summed E-state index contributed by atoms with van der Waals surface area (Å²) in [4.78, 5) is 2.07. The van der Waals surface area contributed by atoms with E-state index >= 15 is 0 Å². The van der Waals surface area contributed by atoms with Crippen molar-refractivity contribution >= 4 is 27.4 Å². The maximum Gasteiger partial charge on any atom is 0.246 e. The van der Waals surface area contributed by atoms with Crippen LogP contribution in [0.2, 0.25) is 5.02 Å². The number of methoxy groups -OCH3 is 1. The molecule has 10 heteroatoms. The molecule has 1 aliphatic heterocycles. The van der Waals surface area contributed by atoms with E-state index in [1.807, 2.05) is 23.1 Å². The fourth-order valence-corrected chi connectivity index (χ4v) is 5.04. The zero-order valence-corrected chi connectivity index (χ0v) is 17.2. The summed E-state index contributed by atoms with van der Waals surface area (Å²) in [7, 11) is -2.28. The molecule has 1 fully saturated rings. The van der Waals surface area contributed by atoms with Gasteiger partial charge in [0.25, 0.3) is 0 Å². The number of anilines is 1. The fraction of sp³-hybridized carbons (Fsp3) is 0.263. The minimum Gasteiger partial charge on any atom is -0.495 e. The summed E-state index contributed by atoms with van der Waals surface area (Å²) >= 11 is 6.00. The van der Waals surface area contributed by atoms with Crippen molar-refractivity contribution in [1.82, 2.24) is 14.5 Å². The SMILES string of the molecule is COc1ccc(Cl)cc1S(=O)(=O)N1CCN(c2ccc(-c3ccco3)nn2)CC1. The summed E-state index contributed by atoms with van der Waals surface area (Å²) in [6, 6.07) is 11.9. The van der Waals surface area contributed by atoms with Gasteiger partial charge in [-0.25, -0.2) is 8.42 Å².